The molecule has 0 aromatic heterocycles. The van der Waals surface area contributed by atoms with Crippen molar-refractivity contribution >= 4 is 56.2 Å². The van der Waals surface area contributed by atoms with Gasteiger partial charge in [-0.05, 0) is 58.1 Å². The van der Waals surface area contributed by atoms with Crippen LogP contribution in [0.5, 0.6) is 5.75 Å². The van der Waals surface area contributed by atoms with Crippen molar-refractivity contribution in [3.05, 3.63) is 68.5 Å². The van der Waals surface area contributed by atoms with E-state index in [2.05, 4.69) is 61.0 Å². The molecular formula is C22H22BrNO2S2. The van der Waals surface area contributed by atoms with Crippen molar-refractivity contribution in [2.45, 2.75) is 27.4 Å². The third kappa shape index (κ3) is 5.25. The number of thiocarbonyl (C=S) groups is 1. The number of halogens is 1. The normalized spacial score (nSPS) is 15.8. The van der Waals surface area contributed by atoms with Gasteiger partial charge in [0.2, 0.25) is 0 Å². The van der Waals surface area contributed by atoms with E-state index in [1.54, 1.807) is 4.90 Å². The van der Waals surface area contributed by atoms with Gasteiger partial charge in [-0.3, -0.25) is 9.69 Å². The average molecular weight is 476 g/mol. The van der Waals surface area contributed by atoms with E-state index in [9.17, 15) is 4.79 Å². The maximum atomic E-state index is 12.6. The number of thioether (sulfide) groups is 1. The molecule has 1 saturated heterocycles. The van der Waals surface area contributed by atoms with Gasteiger partial charge in [0.1, 0.15) is 16.7 Å². The van der Waals surface area contributed by atoms with E-state index >= 15 is 0 Å². The summed E-state index contributed by atoms with van der Waals surface area (Å²) in [6.45, 7) is 7.38. The summed E-state index contributed by atoms with van der Waals surface area (Å²) in [6, 6.07) is 14.1. The highest BCUT2D eigenvalue weighted by Gasteiger charge is 2.32. The third-order valence-electron chi connectivity index (χ3n) is 4.19. The Morgan fingerprint density at radius 1 is 1.21 bits per heavy atom. The predicted molar refractivity (Wildman–Crippen MR) is 124 cm³/mol. The Labute approximate surface area is 184 Å². The minimum Gasteiger partial charge on any atom is -0.488 e. The highest BCUT2D eigenvalue weighted by atomic mass is 79.9. The zero-order valence-corrected chi connectivity index (χ0v) is 19.3. The summed E-state index contributed by atoms with van der Waals surface area (Å²) >= 11 is 10.3. The Morgan fingerprint density at radius 2 is 1.93 bits per heavy atom. The second-order valence-electron chi connectivity index (χ2n) is 7.15. The molecular weight excluding hydrogens is 454 g/mol. The van der Waals surface area contributed by atoms with Crippen LogP contribution in [0.4, 0.5) is 0 Å². The van der Waals surface area contributed by atoms with Crippen molar-refractivity contribution in [1.29, 1.82) is 0 Å². The largest absolute Gasteiger partial charge is 0.488 e. The zero-order valence-electron chi connectivity index (χ0n) is 16.1. The number of aryl methyl sites for hydroxylation is 1. The summed E-state index contributed by atoms with van der Waals surface area (Å²) < 4.78 is 7.40. The molecule has 146 valence electrons. The van der Waals surface area contributed by atoms with Crippen molar-refractivity contribution in [2.24, 2.45) is 5.92 Å². The summed E-state index contributed by atoms with van der Waals surface area (Å²) in [5.41, 5.74) is 3.28. The molecule has 0 atom stereocenters. The van der Waals surface area contributed by atoms with E-state index in [0.717, 1.165) is 21.3 Å². The van der Waals surface area contributed by atoms with Crippen LogP contribution >= 0.6 is 39.9 Å². The summed E-state index contributed by atoms with van der Waals surface area (Å²) in [5.74, 6) is 1.13. The molecule has 1 aliphatic heterocycles. The first-order valence-electron chi connectivity index (χ1n) is 9.06. The fourth-order valence-electron chi connectivity index (χ4n) is 2.74. The van der Waals surface area contributed by atoms with Crippen LogP contribution in [0.1, 0.15) is 30.5 Å². The van der Waals surface area contributed by atoms with Crippen LogP contribution in [0.3, 0.4) is 0 Å². The zero-order chi connectivity index (χ0) is 20.3. The minimum absolute atomic E-state index is 0.0143. The number of carbonyl (C=O) groups is 1. The van der Waals surface area contributed by atoms with Crippen molar-refractivity contribution < 1.29 is 9.53 Å². The van der Waals surface area contributed by atoms with Gasteiger partial charge in [-0.25, -0.2) is 0 Å². The number of ether oxygens (including phenoxy) is 1. The lowest BCUT2D eigenvalue weighted by Crippen LogP contribution is -2.31. The maximum Gasteiger partial charge on any atom is 0.266 e. The molecule has 0 aliphatic carbocycles. The lowest BCUT2D eigenvalue weighted by molar-refractivity contribution is -0.122. The van der Waals surface area contributed by atoms with Crippen LogP contribution in [0.25, 0.3) is 6.08 Å². The number of hydrogen-bond donors (Lipinski definition) is 0. The molecule has 0 unspecified atom stereocenters. The van der Waals surface area contributed by atoms with E-state index in [1.807, 2.05) is 24.3 Å². The smallest absolute Gasteiger partial charge is 0.266 e. The lowest BCUT2D eigenvalue weighted by Gasteiger charge is -2.16. The number of benzene rings is 2. The standard InChI is InChI=1S/C22H22BrNO2S2/c1-14(2)12-24-21(25)20(28-22(24)27)11-17-8-9-19(18(23)10-17)26-13-16-6-4-15(3)5-7-16/h4-11,14H,12-13H2,1-3H3/b20-11-. The second kappa shape index (κ2) is 9.25. The predicted octanol–water partition coefficient (Wildman–Crippen LogP) is 6.19. The van der Waals surface area contributed by atoms with E-state index < -0.39 is 0 Å². The molecule has 1 fully saturated rings. The average Bonchev–Trinajstić information content (AvgIpc) is 2.89. The third-order valence-corrected chi connectivity index (χ3v) is 6.19. The molecule has 6 heteroatoms. The van der Waals surface area contributed by atoms with E-state index in [1.165, 1.54) is 17.3 Å². The number of amides is 1. The van der Waals surface area contributed by atoms with Gasteiger partial charge < -0.3 is 4.74 Å². The van der Waals surface area contributed by atoms with Crippen molar-refractivity contribution in [1.82, 2.24) is 4.90 Å². The molecule has 0 N–H and O–H groups in total. The lowest BCUT2D eigenvalue weighted by atomic mass is 10.1. The first-order chi connectivity index (χ1) is 13.3. The van der Waals surface area contributed by atoms with Crippen molar-refractivity contribution in [3.63, 3.8) is 0 Å². The van der Waals surface area contributed by atoms with Crippen LogP contribution < -0.4 is 4.74 Å². The van der Waals surface area contributed by atoms with Gasteiger partial charge in [0.25, 0.3) is 5.91 Å². The molecule has 1 aliphatic rings. The molecule has 2 aromatic rings. The summed E-state index contributed by atoms with van der Waals surface area (Å²) in [4.78, 5) is 14.9. The molecule has 0 radical (unpaired) electrons. The van der Waals surface area contributed by atoms with Gasteiger partial charge in [-0.15, -0.1) is 0 Å². The van der Waals surface area contributed by atoms with Crippen LogP contribution in [-0.4, -0.2) is 21.7 Å². The highest BCUT2D eigenvalue weighted by Crippen LogP contribution is 2.34. The monoisotopic (exact) mass is 475 g/mol. The van der Waals surface area contributed by atoms with Gasteiger partial charge in [0.15, 0.2) is 0 Å². The van der Waals surface area contributed by atoms with E-state index in [0.29, 0.717) is 28.3 Å². The van der Waals surface area contributed by atoms with Crippen LogP contribution in [0, 0.1) is 12.8 Å². The van der Waals surface area contributed by atoms with Crippen LogP contribution in [0.2, 0.25) is 0 Å². The Balaban J connectivity index is 1.70. The minimum atomic E-state index is -0.0143. The number of rotatable bonds is 6. The van der Waals surface area contributed by atoms with Gasteiger partial charge in [0.05, 0.1) is 9.38 Å². The van der Waals surface area contributed by atoms with Gasteiger partial charge in [-0.1, -0.05) is 73.7 Å². The molecule has 1 amide bonds. The Kier molecular flexibility index (Phi) is 6.96. The number of carbonyl (C=O) groups excluding carboxylic acids is 1. The van der Waals surface area contributed by atoms with Gasteiger partial charge in [0, 0.05) is 6.54 Å². The first kappa shape index (κ1) is 21.1. The Bertz CT molecular complexity index is 923. The molecule has 1 heterocycles. The molecule has 28 heavy (non-hydrogen) atoms. The summed E-state index contributed by atoms with van der Waals surface area (Å²) in [5, 5.41) is 0. The maximum absolute atomic E-state index is 12.6. The number of hydrogen-bond acceptors (Lipinski definition) is 4. The molecule has 0 saturated carbocycles. The van der Waals surface area contributed by atoms with E-state index in [-0.39, 0.29) is 5.91 Å². The fourth-order valence-corrected chi connectivity index (χ4v) is 4.53. The van der Waals surface area contributed by atoms with E-state index in [4.69, 9.17) is 17.0 Å². The SMILES string of the molecule is Cc1ccc(COc2ccc(/C=C3\SC(=S)N(CC(C)C)C3=O)cc2Br)cc1. The van der Waals surface area contributed by atoms with Crippen molar-refractivity contribution in [2.75, 3.05) is 6.54 Å². The van der Waals surface area contributed by atoms with Crippen LogP contribution in [0.15, 0.2) is 51.8 Å². The van der Waals surface area contributed by atoms with Crippen LogP contribution in [-0.2, 0) is 11.4 Å². The summed E-state index contributed by atoms with van der Waals surface area (Å²) in [6.07, 6.45) is 1.88. The fraction of sp³-hybridized carbons (Fsp3) is 0.273. The van der Waals surface area contributed by atoms with Crippen molar-refractivity contribution in [3.8, 4) is 5.75 Å². The molecule has 3 rings (SSSR count). The Morgan fingerprint density at radius 3 is 2.57 bits per heavy atom. The Hall–Kier alpha value is -1.63. The topological polar surface area (TPSA) is 29.5 Å². The molecule has 3 nitrogen and oxygen atoms in total. The second-order valence-corrected chi connectivity index (χ2v) is 9.68. The molecule has 2 aromatic carbocycles. The molecule has 0 bridgehead atoms. The molecule has 0 spiro atoms. The summed E-state index contributed by atoms with van der Waals surface area (Å²) in [7, 11) is 0. The quantitative estimate of drug-likeness (QED) is 0.367. The number of nitrogens with zero attached hydrogens (tertiary/aromatic N) is 1. The first-order valence-corrected chi connectivity index (χ1v) is 11.1. The van der Waals surface area contributed by atoms with Gasteiger partial charge >= 0.3 is 0 Å². The highest BCUT2D eigenvalue weighted by molar-refractivity contribution is 9.10. The van der Waals surface area contributed by atoms with Gasteiger partial charge in [-0.2, -0.15) is 0 Å².